The Kier molecular flexibility index (Phi) is 3.51. The van der Waals surface area contributed by atoms with Gasteiger partial charge in [-0.25, -0.2) is 0 Å². The molecular formula is C15H21N3O2. The summed E-state index contributed by atoms with van der Waals surface area (Å²) in [5.74, 6) is -0.0999. The van der Waals surface area contributed by atoms with Crippen LogP contribution in [0.5, 0.6) is 0 Å². The molecule has 0 saturated heterocycles. The Morgan fingerprint density at radius 3 is 2.80 bits per heavy atom. The van der Waals surface area contributed by atoms with Gasteiger partial charge in [-0.05, 0) is 25.0 Å². The van der Waals surface area contributed by atoms with Crippen molar-refractivity contribution in [1.82, 2.24) is 14.8 Å². The minimum Gasteiger partial charge on any atom is -0.352 e. The lowest BCUT2D eigenvalue weighted by atomic mass is 9.95. The second-order valence-electron chi connectivity index (χ2n) is 5.82. The summed E-state index contributed by atoms with van der Waals surface area (Å²) in [5, 5.41) is 3.12. The molecule has 2 amide bonds. The molecule has 0 radical (unpaired) electrons. The average Bonchev–Trinajstić information content (AvgIpc) is 2.92. The van der Waals surface area contributed by atoms with Crippen molar-refractivity contribution in [3.63, 3.8) is 0 Å². The maximum atomic E-state index is 12.4. The summed E-state index contributed by atoms with van der Waals surface area (Å²) in [7, 11) is 1.71. The van der Waals surface area contributed by atoms with Crippen molar-refractivity contribution in [3.8, 4) is 0 Å². The lowest BCUT2D eigenvalue weighted by Crippen LogP contribution is -2.55. The second-order valence-corrected chi connectivity index (χ2v) is 5.82. The van der Waals surface area contributed by atoms with Gasteiger partial charge in [0.2, 0.25) is 5.91 Å². The van der Waals surface area contributed by atoms with E-state index in [1.807, 2.05) is 16.8 Å². The highest BCUT2D eigenvalue weighted by molar-refractivity contribution is 5.97. The first-order valence-corrected chi connectivity index (χ1v) is 7.39. The van der Waals surface area contributed by atoms with Crippen LogP contribution in [0.4, 0.5) is 0 Å². The van der Waals surface area contributed by atoms with E-state index < -0.39 is 6.04 Å². The molecule has 0 bridgehead atoms. The number of carbonyl (C=O) groups excluding carboxylic acids is 2. The first-order valence-electron chi connectivity index (χ1n) is 7.39. The molecule has 1 aliphatic heterocycles. The van der Waals surface area contributed by atoms with Crippen molar-refractivity contribution in [2.75, 3.05) is 7.05 Å². The van der Waals surface area contributed by atoms with Crippen LogP contribution >= 0.6 is 0 Å². The molecule has 1 fully saturated rings. The minimum atomic E-state index is -0.399. The van der Waals surface area contributed by atoms with Crippen LogP contribution in [0.3, 0.4) is 0 Å². The SMILES string of the molecule is CN1C(=O)c2cccn2CC1C(=O)NC1CCCCC1. The highest BCUT2D eigenvalue weighted by atomic mass is 16.2. The van der Waals surface area contributed by atoms with Gasteiger partial charge in [-0.1, -0.05) is 19.3 Å². The molecule has 3 rings (SSSR count). The van der Waals surface area contributed by atoms with Gasteiger partial charge >= 0.3 is 0 Å². The van der Waals surface area contributed by atoms with Crippen LogP contribution in [0.15, 0.2) is 18.3 Å². The number of carbonyl (C=O) groups is 2. The second kappa shape index (κ2) is 5.31. The Morgan fingerprint density at radius 1 is 1.30 bits per heavy atom. The number of aromatic nitrogens is 1. The van der Waals surface area contributed by atoms with E-state index in [2.05, 4.69) is 5.32 Å². The third-order valence-corrected chi connectivity index (χ3v) is 4.46. The third-order valence-electron chi connectivity index (χ3n) is 4.46. The molecule has 5 heteroatoms. The van der Waals surface area contributed by atoms with Crippen molar-refractivity contribution in [2.45, 2.75) is 50.7 Å². The quantitative estimate of drug-likeness (QED) is 0.887. The Balaban J connectivity index is 1.70. The molecule has 0 spiro atoms. The molecule has 1 atom stereocenters. The largest absolute Gasteiger partial charge is 0.352 e. The number of nitrogens with one attached hydrogen (secondary N) is 1. The average molecular weight is 275 g/mol. The zero-order valence-corrected chi connectivity index (χ0v) is 11.8. The van der Waals surface area contributed by atoms with Crippen molar-refractivity contribution in [3.05, 3.63) is 24.0 Å². The maximum absolute atomic E-state index is 12.4. The van der Waals surface area contributed by atoms with E-state index in [1.165, 1.54) is 19.3 Å². The lowest BCUT2D eigenvalue weighted by molar-refractivity contribution is -0.127. The van der Waals surface area contributed by atoms with Crippen LogP contribution < -0.4 is 5.32 Å². The van der Waals surface area contributed by atoms with Crippen LogP contribution in [-0.4, -0.2) is 40.4 Å². The molecule has 1 aromatic heterocycles. The summed E-state index contributed by atoms with van der Waals surface area (Å²) in [6.07, 6.45) is 7.62. The van der Waals surface area contributed by atoms with Crippen LogP contribution in [0, 0.1) is 0 Å². The van der Waals surface area contributed by atoms with E-state index in [9.17, 15) is 9.59 Å². The Hall–Kier alpha value is -1.78. The van der Waals surface area contributed by atoms with Gasteiger partial charge in [0.05, 0.1) is 6.54 Å². The zero-order valence-electron chi connectivity index (χ0n) is 11.8. The third kappa shape index (κ3) is 2.32. The van der Waals surface area contributed by atoms with Crippen LogP contribution in [0.1, 0.15) is 42.6 Å². The minimum absolute atomic E-state index is 0.0212. The smallest absolute Gasteiger partial charge is 0.270 e. The number of rotatable bonds is 2. The van der Waals surface area contributed by atoms with Crippen LogP contribution in [0.25, 0.3) is 0 Å². The fourth-order valence-corrected chi connectivity index (χ4v) is 3.20. The summed E-state index contributed by atoms with van der Waals surface area (Å²) < 4.78 is 1.87. The summed E-state index contributed by atoms with van der Waals surface area (Å²) in [6.45, 7) is 0.545. The Morgan fingerprint density at radius 2 is 2.05 bits per heavy atom. The summed E-state index contributed by atoms with van der Waals surface area (Å²) in [4.78, 5) is 26.2. The standard InChI is InChI=1S/C15H21N3O2/c1-17-13(10-18-9-5-8-12(18)15(17)20)14(19)16-11-6-3-2-4-7-11/h5,8-9,11,13H,2-4,6-7,10H2,1H3,(H,16,19). The number of fused-ring (bicyclic) bond motifs is 1. The highest BCUT2D eigenvalue weighted by Crippen LogP contribution is 2.20. The molecule has 1 saturated carbocycles. The molecule has 5 nitrogen and oxygen atoms in total. The fourth-order valence-electron chi connectivity index (χ4n) is 3.20. The normalized spacial score (nSPS) is 23.6. The van der Waals surface area contributed by atoms with Crippen LogP contribution in [0.2, 0.25) is 0 Å². The van der Waals surface area contributed by atoms with Gasteiger partial charge in [-0.15, -0.1) is 0 Å². The highest BCUT2D eigenvalue weighted by Gasteiger charge is 2.34. The molecule has 1 N–H and O–H groups in total. The molecule has 2 heterocycles. The number of hydrogen-bond acceptors (Lipinski definition) is 2. The summed E-state index contributed by atoms with van der Waals surface area (Å²) in [5.41, 5.74) is 0.661. The molecule has 2 aliphatic rings. The number of likely N-dealkylation sites (N-methyl/N-ethyl adjacent to an activating group) is 1. The van der Waals surface area contributed by atoms with E-state index >= 15 is 0 Å². The molecule has 108 valence electrons. The van der Waals surface area contributed by atoms with E-state index in [-0.39, 0.29) is 17.9 Å². The van der Waals surface area contributed by atoms with E-state index in [4.69, 9.17) is 0 Å². The fraction of sp³-hybridized carbons (Fsp3) is 0.600. The molecular weight excluding hydrogens is 254 g/mol. The molecule has 1 unspecified atom stereocenters. The Bertz CT molecular complexity index is 517. The lowest BCUT2D eigenvalue weighted by Gasteiger charge is -2.34. The predicted octanol–water partition coefficient (Wildman–Crippen LogP) is 1.39. The molecule has 1 aliphatic carbocycles. The van der Waals surface area contributed by atoms with Gasteiger partial charge in [0.1, 0.15) is 11.7 Å². The zero-order chi connectivity index (χ0) is 14.1. The van der Waals surface area contributed by atoms with E-state index in [0.29, 0.717) is 12.2 Å². The van der Waals surface area contributed by atoms with Gasteiger partial charge in [0.15, 0.2) is 0 Å². The maximum Gasteiger partial charge on any atom is 0.270 e. The summed E-state index contributed by atoms with van der Waals surface area (Å²) >= 11 is 0. The summed E-state index contributed by atoms with van der Waals surface area (Å²) in [6, 6.07) is 3.53. The first kappa shape index (κ1) is 13.2. The molecule has 1 aromatic rings. The van der Waals surface area contributed by atoms with Gasteiger partial charge in [0, 0.05) is 19.3 Å². The van der Waals surface area contributed by atoms with E-state index in [1.54, 1.807) is 18.0 Å². The molecule has 20 heavy (non-hydrogen) atoms. The number of nitrogens with zero attached hydrogens (tertiary/aromatic N) is 2. The van der Waals surface area contributed by atoms with Crippen molar-refractivity contribution in [1.29, 1.82) is 0 Å². The van der Waals surface area contributed by atoms with E-state index in [0.717, 1.165) is 12.8 Å². The van der Waals surface area contributed by atoms with Crippen molar-refractivity contribution < 1.29 is 9.59 Å². The first-order chi connectivity index (χ1) is 9.66. The monoisotopic (exact) mass is 275 g/mol. The Labute approximate surface area is 118 Å². The van der Waals surface area contributed by atoms with Gasteiger partial charge in [0.25, 0.3) is 5.91 Å². The van der Waals surface area contributed by atoms with Crippen LogP contribution in [-0.2, 0) is 11.3 Å². The number of amides is 2. The molecule has 0 aromatic carbocycles. The predicted molar refractivity (Wildman–Crippen MR) is 75.3 cm³/mol. The van der Waals surface area contributed by atoms with Crippen molar-refractivity contribution >= 4 is 11.8 Å². The topological polar surface area (TPSA) is 54.3 Å². The van der Waals surface area contributed by atoms with Gasteiger partial charge < -0.3 is 14.8 Å². The van der Waals surface area contributed by atoms with Crippen molar-refractivity contribution in [2.24, 2.45) is 0 Å². The van der Waals surface area contributed by atoms with Gasteiger partial charge in [-0.3, -0.25) is 9.59 Å². The number of hydrogen-bond donors (Lipinski definition) is 1. The van der Waals surface area contributed by atoms with Gasteiger partial charge in [-0.2, -0.15) is 0 Å².